The standard InChI is InChI=1S/C17H22N4O4/c1-4-24-13-7-5-11(9-15(13)23-3)21-17(19-2)20-10-12-6-8-14(25-12)16(18)22/h5-9H,4,10H2,1-3H3,(H2,18,22)(H2,19,20,21). The molecule has 1 aromatic heterocycles. The molecule has 2 rings (SSSR count). The normalized spacial score (nSPS) is 11.1. The van der Waals surface area contributed by atoms with Gasteiger partial charge in [-0.1, -0.05) is 0 Å². The molecule has 0 aliphatic rings. The maximum absolute atomic E-state index is 11.0. The second-order valence-corrected chi connectivity index (χ2v) is 4.98. The molecule has 8 nitrogen and oxygen atoms in total. The van der Waals surface area contributed by atoms with E-state index >= 15 is 0 Å². The highest BCUT2D eigenvalue weighted by atomic mass is 16.5. The molecule has 1 aromatic carbocycles. The number of benzene rings is 1. The summed E-state index contributed by atoms with van der Waals surface area (Å²) in [5.41, 5.74) is 5.94. The van der Waals surface area contributed by atoms with Gasteiger partial charge in [0.25, 0.3) is 5.91 Å². The Kier molecular flexibility index (Phi) is 6.27. The molecule has 0 atom stereocenters. The Labute approximate surface area is 146 Å². The first-order valence-corrected chi connectivity index (χ1v) is 7.74. The van der Waals surface area contributed by atoms with Gasteiger partial charge in [-0.2, -0.15) is 0 Å². The molecule has 0 fully saturated rings. The smallest absolute Gasteiger partial charge is 0.284 e. The fraction of sp³-hybridized carbons (Fsp3) is 0.294. The first-order valence-electron chi connectivity index (χ1n) is 7.74. The van der Waals surface area contributed by atoms with E-state index in [1.54, 1.807) is 20.2 Å². The molecule has 0 radical (unpaired) electrons. The molecular formula is C17H22N4O4. The molecule has 0 aliphatic carbocycles. The molecule has 4 N–H and O–H groups in total. The number of nitrogens with zero attached hydrogens (tertiary/aromatic N) is 1. The third kappa shape index (κ3) is 4.90. The monoisotopic (exact) mass is 346 g/mol. The van der Waals surface area contributed by atoms with Gasteiger partial charge in [0.15, 0.2) is 23.2 Å². The minimum absolute atomic E-state index is 0.121. The van der Waals surface area contributed by atoms with Crippen LogP contribution in [0.3, 0.4) is 0 Å². The second kappa shape index (κ2) is 8.62. The van der Waals surface area contributed by atoms with Gasteiger partial charge in [0, 0.05) is 18.8 Å². The van der Waals surface area contributed by atoms with Crippen LogP contribution in [0, 0.1) is 0 Å². The van der Waals surface area contributed by atoms with Gasteiger partial charge in [-0.3, -0.25) is 9.79 Å². The highest BCUT2D eigenvalue weighted by Gasteiger charge is 2.09. The summed E-state index contributed by atoms with van der Waals surface area (Å²) >= 11 is 0. The Balaban J connectivity index is 2.00. The summed E-state index contributed by atoms with van der Waals surface area (Å²) in [7, 11) is 3.24. The number of carbonyl (C=O) groups is 1. The van der Waals surface area contributed by atoms with Crippen LogP contribution in [0.4, 0.5) is 5.69 Å². The van der Waals surface area contributed by atoms with E-state index in [1.807, 2.05) is 25.1 Å². The van der Waals surface area contributed by atoms with Gasteiger partial charge in [0.2, 0.25) is 0 Å². The number of hydrogen-bond acceptors (Lipinski definition) is 5. The zero-order chi connectivity index (χ0) is 18.2. The van der Waals surface area contributed by atoms with Gasteiger partial charge in [-0.05, 0) is 31.2 Å². The van der Waals surface area contributed by atoms with Gasteiger partial charge >= 0.3 is 0 Å². The lowest BCUT2D eigenvalue weighted by atomic mass is 10.2. The second-order valence-electron chi connectivity index (χ2n) is 4.98. The van der Waals surface area contributed by atoms with Crippen molar-refractivity contribution >= 4 is 17.6 Å². The Bertz CT molecular complexity index is 755. The fourth-order valence-electron chi connectivity index (χ4n) is 2.11. The van der Waals surface area contributed by atoms with Gasteiger partial charge in [-0.25, -0.2) is 0 Å². The summed E-state index contributed by atoms with van der Waals surface area (Å²) in [6.07, 6.45) is 0. The van der Waals surface area contributed by atoms with E-state index in [1.165, 1.54) is 6.07 Å². The van der Waals surface area contributed by atoms with Gasteiger partial charge in [-0.15, -0.1) is 0 Å². The number of furan rings is 1. The lowest BCUT2D eigenvalue weighted by Crippen LogP contribution is -2.30. The summed E-state index contributed by atoms with van der Waals surface area (Å²) in [6.45, 7) is 2.82. The van der Waals surface area contributed by atoms with Gasteiger partial charge in [0.05, 0.1) is 20.3 Å². The minimum Gasteiger partial charge on any atom is -0.493 e. The minimum atomic E-state index is -0.602. The predicted molar refractivity (Wildman–Crippen MR) is 95.2 cm³/mol. The van der Waals surface area contributed by atoms with Crippen molar-refractivity contribution in [2.75, 3.05) is 26.1 Å². The van der Waals surface area contributed by atoms with E-state index < -0.39 is 5.91 Å². The average Bonchev–Trinajstić information content (AvgIpc) is 3.09. The molecule has 0 bridgehead atoms. The summed E-state index contributed by atoms with van der Waals surface area (Å²) < 4.78 is 16.1. The molecule has 8 heteroatoms. The summed E-state index contributed by atoms with van der Waals surface area (Å²) in [4.78, 5) is 15.2. The van der Waals surface area contributed by atoms with Crippen LogP contribution in [-0.4, -0.2) is 32.6 Å². The number of carbonyl (C=O) groups excluding carboxylic acids is 1. The predicted octanol–water partition coefficient (Wildman–Crippen LogP) is 1.97. The molecule has 1 heterocycles. The first kappa shape index (κ1) is 18.2. The van der Waals surface area contributed by atoms with Crippen molar-refractivity contribution in [3.8, 4) is 11.5 Å². The topological polar surface area (TPSA) is 111 Å². The van der Waals surface area contributed by atoms with E-state index in [4.69, 9.17) is 19.6 Å². The summed E-state index contributed by atoms with van der Waals surface area (Å²) in [5, 5.41) is 6.23. The van der Waals surface area contributed by atoms with Crippen molar-refractivity contribution in [1.82, 2.24) is 5.32 Å². The van der Waals surface area contributed by atoms with E-state index in [2.05, 4.69) is 15.6 Å². The molecule has 25 heavy (non-hydrogen) atoms. The van der Waals surface area contributed by atoms with Crippen molar-refractivity contribution in [1.29, 1.82) is 0 Å². The molecule has 134 valence electrons. The van der Waals surface area contributed by atoms with Gasteiger partial charge in [0.1, 0.15) is 5.76 Å². The maximum atomic E-state index is 11.0. The number of primary amides is 1. The van der Waals surface area contributed by atoms with E-state index in [-0.39, 0.29) is 5.76 Å². The molecular weight excluding hydrogens is 324 g/mol. The number of methoxy groups -OCH3 is 1. The van der Waals surface area contributed by atoms with Crippen molar-refractivity contribution in [3.63, 3.8) is 0 Å². The fourth-order valence-corrected chi connectivity index (χ4v) is 2.11. The Morgan fingerprint density at radius 1 is 1.28 bits per heavy atom. The summed E-state index contributed by atoms with van der Waals surface area (Å²) in [5.74, 6) is 1.92. The van der Waals surface area contributed by atoms with Crippen LogP contribution in [0.1, 0.15) is 23.2 Å². The lowest BCUT2D eigenvalue weighted by molar-refractivity contribution is 0.0972. The molecule has 0 aliphatic heterocycles. The van der Waals surface area contributed by atoms with E-state index in [9.17, 15) is 4.79 Å². The lowest BCUT2D eigenvalue weighted by Gasteiger charge is -2.14. The number of hydrogen-bond donors (Lipinski definition) is 3. The number of aliphatic imine (C=N–C) groups is 1. The molecule has 0 spiro atoms. The molecule has 0 unspecified atom stereocenters. The largest absolute Gasteiger partial charge is 0.493 e. The van der Waals surface area contributed by atoms with E-state index in [0.29, 0.717) is 36.4 Å². The Morgan fingerprint density at radius 3 is 2.68 bits per heavy atom. The molecule has 1 amide bonds. The number of rotatable bonds is 7. The zero-order valence-electron chi connectivity index (χ0n) is 14.5. The number of nitrogens with two attached hydrogens (primary N) is 1. The maximum Gasteiger partial charge on any atom is 0.284 e. The quantitative estimate of drug-likeness (QED) is 0.522. The van der Waals surface area contributed by atoms with Crippen molar-refractivity contribution in [2.45, 2.75) is 13.5 Å². The average molecular weight is 346 g/mol. The number of nitrogens with one attached hydrogen (secondary N) is 2. The SMILES string of the molecule is CCOc1ccc(NC(=NC)NCc2ccc(C(N)=O)o2)cc1OC. The van der Waals surface area contributed by atoms with Crippen LogP contribution >= 0.6 is 0 Å². The molecule has 2 aromatic rings. The van der Waals surface area contributed by atoms with Crippen LogP contribution in [-0.2, 0) is 6.54 Å². The van der Waals surface area contributed by atoms with Crippen LogP contribution in [0.5, 0.6) is 11.5 Å². The van der Waals surface area contributed by atoms with Crippen molar-refractivity contribution in [3.05, 3.63) is 41.9 Å². The van der Waals surface area contributed by atoms with Crippen LogP contribution < -0.4 is 25.8 Å². The highest BCUT2D eigenvalue weighted by Crippen LogP contribution is 2.30. The highest BCUT2D eigenvalue weighted by molar-refractivity contribution is 5.94. The van der Waals surface area contributed by atoms with Crippen molar-refractivity contribution < 1.29 is 18.7 Å². The molecule has 0 saturated carbocycles. The third-order valence-electron chi connectivity index (χ3n) is 3.28. The number of anilines is 1. The van der Waals surface area contributed by atoms with Crippen LogP contribution in [0.2, 0.25) is 0 Å². The number of guanidine groups is 1. The van der Waals surface area contributed by atoms with E-state index in [0.717, 1.165) is 5.69 Å². The Hall–Kier alpha value is -3.16. The number of amides is 1. The van der Waals surface area contributed by atoms with Crippen LogP contribution in [0.25, 0.3) is 0 Å². The third-order valence-corrected chi connectivity index (χ3v) is 3.28. The zero-order valence-corrected chi connectivity index (χ0v) is 14.5. The van der Waals surface area contributed by atoms with Crippen molar-refractivity contribution in [2.24, 2.45) is 10.7 Å². The first-order chi connectivity index (χ1) is 12.1. The van der Waals surface area contributed by atoms with Crippen LogP contribution in [0.15, 0.2) is 39.7 Å². The van der Waals surface area contributed by atoms with Gasteiger partial charge < -0.3 is 30.3 Å². The summed E-state index contributed by atoms with van der Waals surface area (Å²) in [6, 6.07) is 8.71. The Morgan fingerprint density at radius 2 is 2.08 bits per heavy atom. The molecule has 0 saturated heterocycles. The number of ether oxygens (including phenoxy) is 2.